The highest BCUT2D eigenvalue weighted by atomic mass is 35.5. The first-order valence-corrected chi connectivity index (χ1v) is 8.79. The maximum absolute atomic E-state index is 12.5. The molecule has 0 aromatic heterocycles. The number of nitrogens with zero attached hydrogens (tertiary/aromatic N) is 1. The molecule has 24 heavy (non-hydrogen) atoms. The second-order valence-corrected chi connectivity index (χ2v) is 6.97. The maximum atomic E-state index is 12.5. The number of hydrogen-bond donors (Lipinski definition) is 1. The Morgan fingerprint density at radius 1 is 1.08 bits per heavy atom. The van der Waals surface area contributed by atoms with Crippen LogP contribution in [0, 0.1) is 19.8 Å². The summed E-state index contributed by atoms with van der Waals surface area (Å²) in [5.74, 6) is 0.200. The lowest BCUT2D eigenvalue weighted by Gasteiger charge is -2.33. The molecule has 0 atom stereocenters. The molecule has 2 aromatic carbocycles. The Labute approximate surface area is 148 Å². The van der Waals surface area contributed by atoms with Crippen molar-refractivity contribution in [1.29, 1.82) is 0 Å². The molecule has 3 nitrogen and oxygen atoms in total. The summed E-state index contributed by atoms with van der Waals surface area (Å²) in [7, 11) is 0. The van der Waals surface area contributed by atoms with Gasteiger partial charge in [-0.15, -0.1) is 0 Å². The second kappa shape index (κ2) is 7.27. The van der Waals surface area contributed by atoms with Gasteiger partial charge in [0.05, 0.1) is 0 Å². The van der Waals surface area contributed by atoms with E-state index in [1.165, 1.54) is 11.1 Å². The minimum Gasteiger partial charge on any atom is -0.371 e. The van der Waals surface area contributed by atoms with Crippen LogP contribution in [0.2, 0.25) is 5.02 Å². The first kappa shape index (κ1) is 16.8. The SMILES string of the molecule is Cc1ccc(NC(=O)C2CCN(c3cccc(Cl)c3)CC2)cc1C. The molecule has 1 aliphatic heterocycles. The fourth-order valence-electron chi connectivity index (χ4n) is 3.14. The molecule has 1 fully saturated rings. The summed E-state index contributed by atoms with van der Waals surface area (Å²) in [5.41, 5.74) is 4.46. The number of carbonyl (C=O) groups is 1. The van der Waals surface area contributed by atoms with E-state index in [-0.39, 0.29) is 11.8 Å². The van der Waals surface area contributed by atoms with Gasteiger partial charge in [0.15, 0.2) is 0 Å². The Morgan fingerprint density at radius 2 is 1.83 bits per heavy atom. The third kappa shape index (κ3) is 3.90. The van der Waals surface area contributed by atoms with E-state index in [1.54, 1.807) is 0 Å². The molecule has 0 bridgehead atoms. The molecule has 0 saturated carbocycles. The van der Waals surface area contributed by atoms with E-state index >= 15 is 0 Å². The predicted octanol–water partition coefficient (Wildman–Crippen LogP) is 4.81. The molecule has 0 radical (unpaired) electrons. The quantitative estimate of drug-likeness (QED) is 0.868. The fraction of sp³-hybridized carbons (Fsp3) is 0.350. The van der Waals surface area contributed by atoms with Gasteiger partial charge in [-0.3, -0.25) is 4.79 Å². The van der Waals surface area contributed by atoms with Crippen LogP contribution in [0.15, 0.2) is 42.5 Å². The van der Waals surface area contributed by atoms with Crippen LogP contribution in [-0.4, -0.2) is 19.0 Å². The van der Waals surface area contributed by atoms with E-state index in [0.29, 0.717) is 0 Å². The highest BCUT2D eigenvalue weighted by Crippen LogP contribution is 2.26. The van der Waals surface area contributed by atoms with Crippen molar-refractivity contribution in [2.75, 3.05) is 23.3 Å². The number of halogens is 1. The average molecular weight is 343 g/mol. The summed E-state index contributed by atoms with van der Waals surface area (Å²) >= 11 is 6.07. The Hall–Kier alpha value is -2.00. The minimum atomic E-state index is 0.0713. The predicted molar refractivity (Wildman–Crippen MR) is 101 cm³/mol. The second-order valence-electron chi connectivity index (χ2n) is 6.53. The first-order chi connectivity index (χ1) is 11.5. The number of aryl methyl sites for hydroxylation is 2. The lowest BCUT2D eigenvalue weighted by molar-refractivity contribution is -0.120. The van der Waals surface area contributed by atoms with E-state index in [2.05, 4.69) is 30.1 Å². The molecule has 1 amide bonds. The van der Waals surface area contributed by atoms with Crippen LogP contribution >= 0.6 is 11.6 Å². The number of rotatable bonds is 3. The van der Waals surface area contributed by atoms with Crippen molar-refractivity contribution >= 4 is 28.9 Å². The Balaban J connectivity index is 1.58. The molecule has 0 unspecified atom stereocenters. The van der Waals surface area contributed by atoms with Gasteiger partial charge in [-0.25, -0.2) is 0 Å². The van der Waals surface area contributed by atoms with Crippen molar-refractivity contribution in [3.05, 3.63) is 58.6 Å². The summed E-state index contributed by atoms with van der Waals surface area (Å²) in [5, 5.41) is 3.82. The van der Waals surface area contributed by atoms with E-state index in [4.69, 9.17) is 11.6 Å². The first-order valence-electron chi connectivity index (χ1n) is 8.41. The number of hydrogen-bond acceptors (Lipinski definition) is 2. The molecule has 0 spiro atoms. The van der Waals surface area contributed by atoms with Gasteiger partial charge in [0.1, 0.15) is 0 Å². The lowest BCUT2D eigenvalue weighted by Crippen LogP contribution is -2.38. The molecule has 3 rings (SSSR count). The molecular weight excluding hydrogens is 320 g/mol. The van der Waals surface area contributed by atoms with Gasteiger partial charge in [-0.1, -0.05) is 23.7 Å². The zero-order valence-electron chi connectivity index (χ0n) is 14.2. The third-order valence-corrected chi connectivity index (χ3v) is 5.05. The number of anilines is 2. The van der Waals surface area contributed by atoms with E-state index in [0.717, 1.165) is 42.3 Å². The Bertz CT molecular complexity index is 736. The summed E-state index contributed by atoms with van der Waals surface area (Å²) in [6, 6.07) is 14.0. The van der Waals surface area contributed by atoms with Gasteiger partial charge < -0.3 is 10.2 Å². The molecular formula is C20H23ClN2O. The van der Waals surface area contributed by atoms with Crippen LogP contribution in [-0.2, 0) is 4.79 Å². The minimum absolute atomic E-state index is 0.0713. The monoisotopic (exact) mass is 342 g/mol. The molecule has 2 aromatic rings. The van der Waals surface area contributed by atoms with E-state index in [9.17, 15) is 4.79 Å². The highest BCUT2D eigenvalue weighted by molar-refractivity contribution is 6.30. The smallest absolute Gasteiger partial charge is 0.227 e. The van der Waals surface area contributed by atoms with Crippen molar-refractivity contribution in [2.24, 2.45) is 5.92 Å². The summed E-state index contributed by atoms with van der Waals surface area (Å²) in [6.45, 7) is 5.90. The van der Waals surface area contributed by atoms with Gasteiger partial charge in [-0.2, -0.15) is 0 Å². The zero-order valence-corrected chi connectivity index (χ0v) is 14.9. The van der Waals surface area contributed by atoms with Gasteiger partial charge in [0.25, 0.3) is 0 Å². The van der Waals surface area contributed by atoms with Gasteiger partial charge >= 0.3 is 0 Å². The van der Waals surface area contributed by atoms with Crippen LogP contribution in [0.5, 0.6) is 0 Å². The van der Waals surface area contributed by atoms with Crippen LogP contribution in [0.4, 0.5) is 11.4 Å². The highest BCUT2D eigenvalue weighted by Gasteiger charge is 2.25. The van der Waals surface area contributed by atoms with Crippen LogP contribution in [0.3, 0.4) is 0 Å². The number of amides is 1. The number of carbonyl (C=O) groups excluding carboxylic acids is 1. The van der Waals surface area contributed by atoms with Crippen LogP contribution in [0.25, 0.3) is 0 Å². The number of nitrogens with one attached hydrogen (secondary N) is 1. The van der Waals surface area contributed by atoms with Crippen molar-refractivity contribution < 1.29 is 4.79 Å². The Morgan fingerprint density at radius 3 is 2.50 bits per heavy atom. The topological polar surface area (TPSA) is 32.3 Å². The molecule has 0 aliphatic carbocycles. The number of benzene rings is 2. The van der Waals surface area contributed by atoms with Crippen LogP contribution < -0.4 is 10.2 Å². The largest absolute Gasteiger partial charge is 0.371 e. The van der Waals surface area contributed by atoms with Gasteiger partial charge in [0.2, 0.25) is 5.91 Å². The summed E-state index contributed by atoms with van der Waals surface area (Å²) < 4.78 is 0. The zero-order chi connectivity index (χ0) is 17.1. The lowest BCUT2D eigenvalue weighted by atomic mass is 9.95. The van der Waals surface area contributed by atoms with Gasteiger partial charge in [-0.05, 0) is 68.1 Å². The maximum Gasteiger partial charge on any atom is 0.227 e. The fourth-order valence-corrected chi connectivity index (χ4v) is 3.32. The van der Waals surface area contributed by atoms with Crippen LogP contribution in [0.1, 0.15) is 24.0 Å². The van der Waals surface area contributed by atoms with Gasteiger partial charge in [0, 0.05) is 35.4 Å². The van der Waals surface area contributed by atoms with Crippen molar-refractivity contribution in [1.82, 2.24) is 0 Å². The molecule has 1 aliphatic rings. The average Bonchev–Trinajstić information content (AvgIpc) is 2.58. The normalized spacial score (nSPS) is 15.4. The third-order valence-electron chi connectivity index (χ3n) is 4.81. The standard InChI is InChI=1S/C20H23ClN2O/c1-14-6-7-18(12-15(14)2)22-20(24)16-8-10-23(11-9-16)19-5-3-4-17(21)13-19/h3-7,12-13,16H,8-11H2,1-2H3,(H,22,24). The van der Waals surface area contributed by atoms with E-state index in [1.807, 2.05) is 36.4 Å². The molecule has 1 heterocycles. The molecule has 4 heteroatoms. The molecule has 1 N–H and O–H groups in total. The summed E-state index contributed by atoms with van der Waals surface area (Å²) in [6.07, 6.45) is 1.73. The molecule has 126 valence electrons. The summed E-state index contributed by atoms with van der Waals surface area (Å²) in [4.78, 5) is 14.8. The van der Waals surface area contributed by atoms with Crippen molar-refractivity contribution in [3.8, 4) is 0 Å². The Kier molecular flexibility index (Phi) is 5.10. The molecule has 1 saturated heterocycles. The van der Waals surface area contributed by atoms with E-state index < -0.39 is 0 Å². The number of piperidine rings is 1. The van der Waals surface area contributed by atoms with Crippen molar-refractivity contribution in [3.63, 3.8) is 0 Å². The van der Waals surface area contributed by atoms with Crippen molar-refractivity contribution in [2.45, 2.75) is 26.7 Å².